The van der Waals surface area contributed by atoms with Crippen LogP contribution < -0.4 is 0 Å². The fourth-order valence-corrected chi connectivity index (χ4v) is 3.57. The fourth-order valence-electron chi connectivity index (χ4n) is 2.45. The normalized spacial score (nSPS) is 11.1. The summed E-state index contributed by atoms with van der Waals surface area (Å²) in [6.07, 6.45) is 1.49. The summed E-state index contributed by atoms with van der Waals surface area (Å²) >= 11 is 1.19. The van der Waals surface area contributed by atoms with E-state index >= 15 is 0 Å². The van der Waals surface area contributed by atoms with Crippen LogP contribution in [0.5, 0.6) is 0 Å². The lowest BCUT2D eigenvalue weighted by molar-refractivity contribution is 0.0443. The Morgan fingerprint density at radius 1 is 1.28 bits per heavy atom. The second-order valence-corrected chi connectivity index (χ2v) is 6.28. The van der Waals surface area contributed by atoms with E-state index < -0.39 is 5.97 Å². The average Bonchev–Trinajstić information content (AvgIpc) is 3.33. The second-order valence-electron chi connectivity index (χ2n) is 5.22. The van der Waals surface area contributed by atoms with Crippen LogP contribution >= 0.6 is 11.3 Å². The molecule has 0 unspecified atom stereocenters. The molecule has 0 N–H and O–H groups in total. The quantitative estimate of drug-likeness (QED) is 0.505. The lowest BCUT2D eigenvalue weighted by Gasteiger charge is -2.00. The molecule has 1 aromatic carbocycles. The summed E-state index contributed by atoms with van der Waals surface area (Å²) in [5.41, 5.74) is 0.560. The van der Waals surface area contributed by atoms with E-state index in [2.05, 4.69) is 10.2 Å². The van der Waals surface area contributed by atoms with Crippen molar-refractivity contribution in [1.29, 1.82) is 0 Å². The predicted octanol–water partition coefficient (Wildman–Crippen LogP) is 4.35. The molecule has 0 radical (unpaired) electrons. The van der Waals surface area contributed by atoms with Crippen LogP contribution in [0.3, 0.4) is 0 Å². The summed E-state index contributed by atoms with van der Waals surface area (Å²) in [6, 6.07) is 8.12. The minimum absolute atomic E-state index is 0.143. The van der Waals surface area contributed by atoms with Gasteiger partial charge in [-0.1, -0.05) is 6.07 Å². The van der Waals surface area contributed by atoms with E-state index in [1.807, 2.05) is 0 Å². The largest absolute Gasteiger partial charge is 0.459 e. The van der Waals surface area contributed by atoms with E-state index in [0.29, 0.717) is 26.3 Å². The van der Waals surface area contributed by atoms with E-state index in [1.54, 1.807) is 31.2 Å². The van der Waals surface area contributed by atoms with Gasteiger partial charge in [-0.3, -0.25) is 0 Å². The lowest BCUT2D eigenvalue weighted by atomic mass is 10.1. The number of nitrogens with zero attached hydrogens (tertiary/aromatic N) is 2. The first kappa shape index (κ1) is 15.5. The third-order valence-electron chi connectivity index (χ3n) is 3.61. The molecule has 0 fully saturated rings. The molecule has 0 bridgehead atoms. The van der Waals surface area contributed by atoms with Gasteiger partial charge in [-0.15, -0.1) is 21.5 Å². The SMILES string of the molecule is Cc1c(C(=O)OCc2nnc(-c3ccco3)o2)sc2cccc(F)c12. The van der Waals surface area contributed by atoms with Crippen LogP contribution in [-0.4, -0.2) is 16.2 Å². The van der Waals surface area contributed by atoms with Crippen molar-refractivity contribution in [2.24, 2.45) is 0 Å². The van der Waals surface area contributed by atoms with Crippen LogP contribution in [0, 0.1) is 12.7 Å². The summed E-state index contributed by atoms with van der Waals surface area (Å²) in [5, 5.41) is 8.07. The van der Waals surface area contributed by atoms with Gasteiger partial charge in [-0.05, 0) is 36.8 Å². The number of carbonyl (C=O) groups is 1. The number of esters is 1. The Bertz CT molecular complexity index is 1050. The van der Waals surface area contributed by atoms with Crippen LogP contribution in [0.15, 0.2) is 45.4 Å². The molecule has 0 aliphatic carbocycles. The topological polar surface area (TPSA) is 78.4 Å². The summed E-state index contributed by atoms with van der Waals surface area (Å²) in [7, 11) is 0. The smallest absolute Gasteiger partial charge is 0.349 e. The van der Waals surface area contributed by atoms with Gasteiger partial charge in [0, 0.05) is 10.1 Å². The van der Waals surface area contributed by atoms with Crippen molar-refractivity contribution in [2.45, 2.75) is 13.5 Å². The molecule has 0 saturated heterocycles. The van der Waals surface area contributed by atoms with Crippen molar-refractivity contribution in [3.63, 3.8) is 0 Å². The first-order chi connectivity index (χ1) is 12.1. The first-order valence-electron chi connectivity index (χ1n) is 7.34. The van der Waals surface area contributed by atoms with Crippen LogP contribution in [0.2, 0.25) is 0 Å². The van der Waals surface area contributed by atoms with Crippen LogP contribution in [0.25, 0.3) is 21.7 Å². The lowest BCUT2D eigenvalue weighted by Crippen LogP contribution is -2.05. The Morgan fingerprint density at radius 3 is 2.92 bits per heavy atom. The minimum Gasteiger partial charge on any atom is -0.459 e. The third-order valence-corrected chi connectivity index (χ3v) is 4.85. The van der Waals surface area contributed by atoms with E-state index in [0.717, 1.165) is 0 Å². The highest BCUT2D eigenvalue weighted by Gasteiger charge is 2.20. The molecule has 0 saturated carbocycles. The number of rotatable bonds is 4. The molecule has 0 atom stereocenters. The molecule has 126 valence electrons. The molecular weight excluding hydrogens is 347 g/mol. The van der Waals surface area contributed by atoms with Gasteiger partial charge >= 0.3 is 5.97 Å². The number of hydrogen-bond donors (Lipinski definition) is 0. The van der Waals surface area contributed by atoms with E-state index in [4.69, 9.17) is 13.6 Å². The Hall–Kier alpha value is -3.00. The van der Waals surface area contributed by atoms with E-state index in [-0.39, 0.29) is 24.2 Å². The molecule has 4 aromatic rings. The zero-order valence-corrected chi connectivity index (χ0v) is 13.8. The molecular formula is C17H11FN2O4S. The van der Waals surface area contributed by atoms with E-state index in [9.17, 15) is 9.18 Å². The highest BCUT2D eigenvalue weighted by molar-refractivity contribution is 7.21. The van der Waals surface area contributed by atoms with Crippen molar-refractivity contribution < 1.29 is 22.8 Å². The zero-order valence-electron chi connectivity index (χ0n) is 13.0. The van der Waals surface area contributed by atoms with Gasteiger partial charge in [-0.25, -0.2) is 9.18 Å². The zero-order chi connectivity index (χ0) is 17.4. The third kappa shape index (κ3) is 2.80. The number of furan rings is 1. The van der Waals surface area contributed by atoms with Crippen molar-refractivity contribution >= 4 is 27.4 Å². The maximum Gasteiger partial charge on any atom is 0.349 e. The van der Waals surface area contributed by atoms with Gasteiger partial charge in [0.1, 0.15) is 10.7 Å². The van der Waals surface area contributed by atoms with Crippen LogP contribution in [0.1, 0.15) is 21.1 Å². The van der Waals surface area contributed by atoms with Crippen LogP contribution in [0.4, 0.5) is 4.39 Å². The number of aromatic nitrogens is 2. The van der Waals surface area contributed by atoms with Crippen molar-refractivity contribution in [2.75, 3.05) is 0 Å². The molecule has 8 heteroatoms. The van der Waals surface area contributed by atoms with E-state index in [1.165, 1.54) is 23.7 Å². The second kappa shape index (κ2) is 6.14. The number of aryl methyl sites for hydroxylation is 1. The Morgan fingerprint density at radius 2 is 2.16 bits per heavy atom. The maximum atomic E-state index is 13.9. The fraction of sp³-hybridized carbons (Fsp3) is 0.118. The maximum absolute atomic E-state index is 13.9. The number of ether oxygens (including phenoxy) is 1. The Balaban J connectivity index is 1.51. The number of benzene rings is 1. The van der Waals surface area contributed by atoms with Gasteiger partial charge in [0.15, 0.2) is 12.4 Å². The first-order valence-corrected chi connectivity index (χ1v) is 8.16. The van der Waals surface area contributed by atoms with Crippen molar-refractivity contribution in [3.05, 3.63) is 58.7 Å². The van der Waals surface area contributed by atoms with Crippen molar-refractivity contribution in [1.82, 2.24) is 10.2 Å². The highest BCUT2D eigenvalue weighted by atomic mass is 32.1. The summed E-state index contributed by atoms with van der Waals surface area (Å²) < 4.78 is 30.4. The molecule has 25 heavy (non-hydrogen) atoms. The van der Waals surface area contributed by atoms with Crippen molar-refractivity contribution in [3.8, 4) is 11.7 Å². The van der Waals surface area contributed by atoms with Gasteiger partial charge < -0.3 is 13.6 Å². The standard InChI is InChI=1S/C17H11FN2O4S/c1-9-14-10(18)4-2-6-12(14)25-15(9)17(21)23-8-13-19-20-16(24-13)11-5-3-7-22-11/h2-7H,8H2,1H3. The molecule has 4 rings (SSSR count). The monoisotopic (exact) mass is 358 g/mol. The number of fused-ring (bicyclic) bond motifs is 1. The molecule has 0 aliphatic rings. The summed E-state index contributed by atoms with van der Waals surface area (Å²) in [4.78, 5) is 12.7. The molecule has 3 aromatic heterocycles. The van der Waals surface area contributed by atoms with Gasteiger partial charge in [0.2, 0.25) is 0 Å². The summed E-state index contributed by atoms with van der Waals surface area (Å²) in [6.45, 7) is 1.52. The molecule has 0 amide bonds. The Kier molecular flexibility index (Phi) is 3.81. The van der Waals surface area contributed by atoms with Gasteiger partial charge in [0.25, 0.3) is 11.8 Å². The Labute approximate surface area is 144 Å². The van der Waals surface area contributed by atoms with Crippen LogP contribution in [-0.2, 0) is 11.3 Å². The molecule has 6 nitrogen and oxygen atoms in total. The molecule has 3 heterocycles. The highest BCUT2D eigenvalue weighted by Crippen LogP contribution is 2.33. The molecule has 0 aliphatic heterocycles. The number of halogens is 1. The number of carbonyl (C=O) groups excluding carboxylic acids is 1. The van der Waals surface area contributed by atoms with Gasteiger partial charge in [0.05, 0.1) is 6.26 Å². The summed E-state index contributed by atoms with van der Waals surface area (Å²) in [5.74, 6) is -0.136. The number of hydrogen-bond acceptors (Lipinski definition) is 7. The minimum atomic E-state index is -0.559. The average molecular weight is 358 g/mol. The molecule has 0 spiro atoms. The number of thiophene rings is 1. The predicted molar refractivity (Wildman–Crippen MR) is 87.6 cm³/mol. The van der Waals surface area contributed by atoms with Gasteiger partial charge in [-0.2, -0.15) is 0 Å².